The van der Waals surface area contributed by atoms with Gasteiger partial charge in [0.05, 0.1) is 12.6 Å². The highest BCUT2D eigenvalue weighted by molar-refractivity contribution is 5.77. The predicted molar refractivity (Wildman–Crippen MR) is 90.2 cm³/mol. The van der Waals surface area contributed by atoms with Crippen LogP contribution in [0, 0.1) is 5.41 Å². The summed E-state index contributed by atoms with van der Waals surface area (Å²) >= 11 is 0. The Bertz CT molecular complexity index is 334. The van der Waals surface area contributed by atoms with Gasteiger partial charge in [-0.15, -0.1) is 0 Å². The molecule has 124 valence electrons. The molecule has 0 spiro atoms. The predicted octanol–water partition coefficient (Wildman–Crippen LogP) is 4.16. The highest BCUT2D eigenvalue weighted by Crippen LogP contribution is 2.28. The zero-order valence-electron chi connectivity index (χ0n) is 14.9. The van der Waals surface area contributed by atoms with E-state index in [-0.39, 0.29) is 24.0 Å². The highest BCUT2D eigenvalue weighted by atomic mass is 16.3. The van der Waals surface area contributed by atoms with Crippen LogP contribution in [0.3, 0.4) is 0 Å². The number of rotatable bonds is 6. The molecule has 3 heteroatoms. The number of aliphatic hydroxyl groups is 1. The molecule has 1 atom stereocenters. The minimum atomic E-state index is -0.0983. The van der Waals surface area contributed by atoms with E-state index in [9.17, 15) is 9.90 Å². The van der Waals surface area contributed by atoms with E-state index in [2.05, 4.69) is 33.8 Å². The molecule has 1 amide bonds. The highest BCUT2D eigenvalue weighted by Gasteiger charge is 2.31. The van der Waals surface area contributed by atoms with Crippen LogP contribution < -0.4 is 0 Å². The largest absolute Gasteiger partial charge is 0.394 e. The summed E-state index contributed by atoms with van der Waals surface area (Å²) in [5.74, 6) is 0.182. The molecule has 1 aliphatic heterocycles. The lowest BCUT2D eigenvalue weighted by molar-refractivity contribution is -0.134. The maximum atomic E-state index is 12.4. The summed E-state index contributed by atoms with van der Waals surface area (Å²) in [7, 11) is 0. The van der Waals surface area contributed by atoms with Crippen LogP contribution in [0.15, 0.2) is 11.6 Å². The molecule has 1 N–H and O–H groups in total. The first-order chi connectivity index (χ1) is 9.89. The zero-order chi connectivity index (χ0) is 16.5. The van der Waals surface area contributed by atoms with E-state index < -0.39 is 0 Å². The molecule has 0 saturated carbocycles. The van der Waals surface area contributed by atoms with Crippen molar-refractivity contribution in [3.05, 3.63) is 11.6 Å². The molecule has 0 aromatic carbocycles. The van der Waals surface area contributed by atoms with Crippen molar-refractivity contribution in [2.75, 3.05) is 13.2 Å². The Kier molecular flexibility index (Phi) is 9.60. The third-order valence-corrected chi connectivity index (χ3v) is 3.80. The second kappa shape index (κ2) is 9.99. The number of hydrogen-bond acceptors (Lipinski definition) is 2. The minimum Gasteiger partial charge on any atom is -0.394 e. The lowest BCUT2D eigenvalue weighted by atomic mass is 9.86. The van der Waals surface area contributed by atoms with Crippen molar-refractivity contribution in [3.8, 4) is 0 Å². The first-order valence-corrected chi connectivity index (χ1v) is 8.48. The number of hydrogen-bond donors (Lipinski definition) is 1. The van der Waals surface area contributed by atoms with E-state index in [1.54, 1.807) is 0 Å². The zero-order valence-corrected chi connectivity index (χ0v) is 14.9. The molecule has 0 aromatic rings. The Morgan fingerprint density at radius 1 is 1.38 bits per heavy atom. The fourth-order valence-electron chi connectivity index (χ4n) is 3.03. The molecule has 0 aromatic heterocycles. The first-order valence-electron chi connectivity index (χ1n) is 8.48. The molecule has 3 nitrogen and oxygen atoms in total. The molecule has 0 aliphatic carbocycles. The van der Waals surface area contributed by atoms with Gasteiger partial charge in [0.25, 0.3) is 0 Å². The number of carbonyl (C=O) groups excluding carboxylic acids is 1. The number of amides is 1. The smallest absolute Gasteiger partial charge is 0.223 e. The monoisotopic (exact) mass is 297 g/mol. The summed E-state index contributed by atoms with van der Waals surface area (Å²) in [5.41, 5.74) is 1.26. The summed E-state index contributed by atoms with van der Waals surface area (Å²) in [4.78, 5) is 14.2. The molecule has 21 heavy (non-hydrogen) atoms. The van der Waals surface area contributed by atoms with Gasteiger partial charge in [-0.2, -0.15) is 0 Å². The van der Waals surface area contributed by atoms with Gasteiger partial charge in [-0.1, -0.05) is 52.7 Å². The van der Waals surface area contributed by atoms with Crippen molar-refractivity contribution in [2.24, 2.45) is 5.41 Å². The Hall–Kier alpha value is -0.830. The van der Waals surface area contributed by atoms with E-state index in [1.807, 2.05) is 18.7 Å². The van der Waals surface area contributed by atoms with Gasteiger partial charge in [0.15, 0.2) is 0 Å². The van der Waals surface area contributed by atoms with Crippen LogP contribution in [0.25, 0.3) is 0 Å². The van der Waals surface area contributed by atoms with Crippen LogP contribution in [-0.2, 0) is 4.79 Å². The third-order valence-electron chi connectivity index (χ3n) is 3.80. The van der Waals surface area contributed by atoms with E-state index in [0.29, 0.717) is 6.42 Å². The van der Waals surface area contributed by atoms with Crippen molar-refractivity contribution >= 4 is 5.91 Å². The quantitative estimate of drug-likeness (QED) is 0.748. The van der Waals surface area contributed by atoms with E-state index in [1.165, 1.54) is 5.57 Å². The topological polar surface area (TPSA) is 40.5 Å². The Morgan fingerprint density at radius 2 is 2.00 bits per heavy atom. The molecular formula is C18H35NO2. The van der Waals surface area contributed by atoms with Gasteiger partial charge in [0.2, 0.25) is 5.91 Å². The van der Waals surface area contributed by atoms with Crippen molar-refractivity contribution in [1.82, 2.24) is 4.90 Å². The maximum absolute atomic E-state index is 12.4. The number of nitrogens with zero attached hydrogens (tertiary/aromatic N) is 1. The first kappa shape index (κ1) is 20.2. The van der Waals surface area contributed by atoms with Crippen LogP contribution in [0.1, 0.15) is 73.6 Å². The molecule has 1 heterocycles. The SMILES string of the molecule is CC.CCC/C(C)=C/C(C)(C)CC(=O)N1CCC[C@H]1CO. The third kappa shape index (κ3) is 7.12. The lowest BCUT2D eigenvalue weighted by Crippen LogP contribution is -2.39. The fourth-order valence-corrected chi connectivity index (χ4v) is 3.03. The molecule has 1 aliphatic rings. The van der Waals surface area contributed by atoms with Gasteiger partial charge in [-0.05, 0) is 31.6 Å². The average Bonchev–Trinajstić information content (AvgIpc) is 2.88. The number of likely N-dealkylation sites (tertiary alicyclic amines) is 1. The Morgan fingerprint density at radius 3 is 2.52 bits per heavy atom. The second-order valence-electron chi connectivity index (χ2n) is 6.47. The number of aliphatic hydroxyl groups excluding tert-OH is 1. The molecule has 0 radical (unpaired) electrons. The van der Waals surface area contributed by atoms with Crippen molar-refractivity contribution in [3.63, 3.8) is 0 Å². The van der Waals surface area contributed by atoms with Crippen LogP contribution >= 0.6 is 0 Å². The maximum Gasteiger partial charge on any atom is 0.223 e. The summed E-state index contributed by atoms with van der Waals surface area (Å²) in [6.45, 7) is 13.4. The van der Waals surface area contributed by atoms with Crippen LogP contribution in [0.2, 0.25) is 0 Å². The van der Waals surface area contributed by atoms with E-state index in [0.717, 1.165) is 32.2 Å². The van der Waals surface area contributed by atoms with E-state index in [4.69, 9.17) is 0 Å². The summed E-state index contributed by atoms with van der Waals surface area (Å²) in [6, 6.07) is 0.0454. The van der Waals surface area contributed by atoms with Gasteiger partial charge >= 0.3 is 0 Å². The average molecular weight is 297 g/mol. The van der Waals surface area contributed by atoms with Gasteiger partial charge in [0.1, 0.15) is 0 Å². The minimum absolute atomic E-state index is 0.0454. The van der Waals surface area contributed by atoms with Crippen LogP contribution in [0.5, 0.6) is 0 Å². The van der Waals surface area contributed by atoms with Gasteiger partial charge < -0.3 is 10.0 Å². The molecule has 1 saturated heterocycles. The summed E-state index contributed by atoms with van der Waals surface area (Å²) in [5, 5.41) is 9.29. The summed E-state index contributed by atoms with van der Waals surface area (Å²) < 4.78 is 0. The fraction of sp³-hybridized carbons (Fsp3) is 0.833. The van der Waals surface area contributed by atoms with Crippen LogP contribution in [0.4, 0.5) is 0 Å². The van der Waals surface area contributed by atoms with Gasteiger partial charge in [-0.3, -0.25) is 4.79 Å². The molecular weight excluding hydrogens is 262 g/mol. The molecule has 0 bridgehead atoms. The number of carbonyl (C=O) groups is 1. The Balaban J connectivity index is 0.00000191. The standard InChI is InChI=1S/C16H29NO2.C2H6/c1-5-7-13(2)10-16(3,4)11-15(19)17-9-6-8-14(17)12-18;1-2/h10,14,18H,5-9,11-12H2,1-4H3;1-2H3/b13-10+;/t14-;/m0./s1. The summed E-state index contributed by atoms with van der Waals surface area (Å²) in [6.07, 6.45) is 6.96. The molecule has 0 unspecified atom stereocenters. The van der Waals surface area contributed by atoms with Gasteiger partial charge in [0, 0.05) is 13.0 Å². The Labute approximate surface area is 131 Å². The lowest BCUT2D eigenvalue weighted by Gasteiger charge is -2.28. The molecule has 1 fully saturated rings. The number of allylic oxidation sites excluding steroid dienone is 2. The van der Waals surface area contributed by atoms with Crippen molar-refractivity contribution in [1.29, 1.82) is 0 Å². The van der Waals surface area contributed by atoms with Crippen molar-refractivity contribution in [2.45, 2.75) is 79.7 Å². The van der Waals surface area contributed by atoms with Crippen molar-refractivity contribution < 1.29 is 9.90 Å². The van der Waals surface area contributed by atoms with E-state index >= 15 is 0 Å². The molecule has 1 rings (SSSR count). The van der Waals surface area contributed by atoms with Crippen LogP contribution in [-0.4, -0.2) is 35.1 Å². The second-order valence-corrected chi connectivity index (χ2v) is 6.47. The van der Waals surface area contributed by atoms with Gasteiger partial charge in [-0.25, -0.2) is 0 Å². The normalized spacial score (nSPS) is 19.3.